The quantitative estimate of drug-likeness (QED) is 0.210. The highest BCUT2D eigenvalue weighted by Crippen LogP contribution is 2.47. The fraction of sp³-hybridized carbons (Fsp3) is 0.0400. The summed E-state index contributed by atoms with van der Waals surface area (Å²) in [6.07, 6.45) is 0. The largest absolute Gasteiger partial charge is 0.534 e. The first-order chi connectivity index (χ1) is 15.8. The van der Waals surface area contributed by atoms with Crippen molar-refractivity contribution in [3.8, 4) is 28.0 Å². The second-order valence-electron chi connectivity index (χ2n) is 6.94. The van der Waals surface area contributed by atoms with Crippen molar-refractivity contribution in [2.24, 2.45) is 0 Å². The highest BCUT2D eigenvalue weighted by molar-refractivity contribution is 7.99. The molecule has 4 rings (SSSR count). The monoisotopic (exact) mass is 486 g/mol. The molecular weight excluding hydrogens is 469 g/mol. The summed E-state index contributed by atoms with van der Waals surface area (Å²) in [7, 11) is -5.86. The smallest absolute Gasteiger partial charge is 0.375 e. The minimum absolute atomic E-state index is 0.260. The zero-order valence-corrected chi connectivity index (χ0v) is 18.6. The van der Waals surface area contributed by atoms with Gasteiger partial charge in [0.05, 0.1) is 0 Å². The van der Waals surface area contributed by atoms with Gasteiger partial charge in [-0.15, -0.1) is 0 Å². The molecule has 0 spiro atoms. The molecule has 3 nitrogen and oxygen atoms in total. The Bertz CT molecular complexity index is 1340. The topological polar surface area (TPSA) is 43.4 Å². The Kier molecular flexibility index (Phi) is 6.49. The van der Waals surface area contributed by atoms with E-state index in [1.165, 1.54) is 17.8 Å². The van der Waals surface area contributed by atoms with Crippen molar-refractivity contribution in [1.29, 1.82) is 0 Å². The van der Waals surface area contributed by atoms with Crippen LogP contribution in [0.5, 0.6) is 5.75 Å². The van der Waals surface area contributed by atoms with Gasteiger partial charge in [0.25, 0.3) is 0 Å². The van der Waals surface area contributed by atoms with Gasteiger partial charge >= 0.3 is 15.6 Å². The van der Waals surface area contributed by atoms with E-state index in [2.05, 4.69) is 4.18 Å². The molecule has 0 N–H and O–H groups in total. The van der Waals surface area contributed by atoms with E-state index < -0.39 is 21.4 Å². The van der Waals surface area contributed by atoms with E-state index >= 15 is 0 Å². The Morgan fingerprint density at radius 2 is 1.12 bits per heavy atom. The van der Waals surface area contributed by atoms with Gasteiger partial charge in [0.2, 0.25) is 0 Å². The zero-order chi connectivity index (χ0) is 23.5. The second kappa shape index (κ2) is 9.33. The van der Waals surface area contributed by atoms with E-state index in [-0.39, 0.29) is 5.56 Å². The van der Waals surface area contributed by atoms with Crippen molar-refractivity contribution in [2.45, 2.75) is 15.3 Å². The van der Waals surface area contributed by atoms with E-state index in [1.807, 2.05) is 48.5 Å². The van der Waals surface area contributed by atoms with Crippen molar-refractivity contribution in [1.82, 2.24) is 0 Å². The van der Waals surface area contributed by atoms with E-state index in [1.54, 1.807) is 48.5 Å². The fourth-order valence-corrected chi connectivity index (χ4v) is 4.76. The molecule has 0 saturated carbocycles. The molecule has 0 aliphatic carbocycles. The Morgan fingerprint density at radius 1 is 0.636 bits per heavy atom. The van der Waals surface area contributed by atoms with Crippen LogP contribution < -0.4 is 4.18 Å². The molecule has 4 aromatic carbocycles. The summed E-state index contributed by atoms with van der Waals surface area (Å²) in [6, 6.07) is 30.0. The van der Waals surface area contributed by atoms with Crippen LogP contribution in [0.1, 0.15) is 0 Å². The van der Waals surface area contributed by atoms with Crippen molar-refractivity contribution in [2.75, 3.05) is 0 Å². The Hall–Kier alpha value is -3.23. The lowest BCUT2D eigenvalue weighted by atomic mass is 9.93. The lowest BCUT2D eigenvalue weighted by Gasteiger charge is -2.20. The minimum atomic E-state index is -5.86. The van der Waals surface area contributed by atoms with Gasteiger partial charge in [0.15, 0.2) is 5.75 Å². The van der Waals surface area contributed by atoms with E-state index in [9.17, 15) is 21.6 Å². The third-order valence-electron chi connectivity index (χ3n) is 4.71. The van der Waals surface area contributed by atoms with Gasteiger partial charge in [0.1, 0.15) is 0 Å². The van der Waals surface area contributed by atoms with E-state index in [0.717, 1.165) is 9.79 Å². The van der Waals surface area contributed by atoms with Crippen LogP contribution in [0.4, 0.5) is 13.2 Å². The maximum Gasteiger partial charge on any atom is 0.534 e. The molecule has 0 unspecified atom stereocenters. The molecule has 8 heteroatoms. The molecule has 0 aliphatic heterocycles. The molecule has 4 aromatic rings. The van der Waals surface area contributed by atoms with Crippen LogP contribution in [-0.2, 0) is 10.1 Å². The molecule has 33 heavy (non-hydrogen) atoms. The van der Waals surface area contributed by atoms with Gasteiger partial charge in [-0.3, -0.25) is 0 Å². The number of rotatable bonds is 6. The average molecular weight is 487 g/mol. The molecule has 0 bridgehead atoms. The summed E-state index contributed by atoms with van der Waals surface area (Å²) >= 11 is 1.42. The third-order valence-corrected chi connectivity index (χ3v) is 6.74. The molecule has 0 fully saturated rings. The predicted octanol–water partition coefficient (Wildman–Crippen LogP) is 7.40. The van der Waals surface area contributed by atoms with Crippen molar-refractivity contribution in [3.05, 3.63) is 103 Å². The first-order valence-electron chi connectivity index (χ1n) is 9.78. The van der Waals surface area contributed by atoms with Crippen molar-refractivity contribution in [3.63, 3.8) is 0 Å². The van der Waals surface area contributed by atoms with Gasteiger partial charge < -0.3 is 4.18 Å². The van der Waals surface area contributed by atoms with E-state index in [4.69, 9.17) is 0 Å². The van der Waals surface area contributed by atoms with Crippen LogP contribution in [-0.4, -0.2) is 13.9 Å². The highest BCUT2D eigenvalue weighted by atomic mass is 32.2. The van der Waals surface area contributed by atoms with Crippen molar-refractivity contribution >= 4 is 21.9 Å². The van der Waals surface area contributed by atoms with Crippen molar-refractivity contribution < 1.29 is 25.8 Å². The summed E-state index contributed by atoms with van der Waals surface area (Å²) in [5, 5.41) is 0. The molecule has 0 saturated heterocycles. The summed E-state index contributed by atoms with van der Waals surface area (Å²) in [5.74, 6) is -0.394. The number of hydrogen-bond acceptors (Lipinski definition) is 4. The molecule has 0 aromatic heterocycles. The lowest BCUT2D eigenvalue weighted by molar-refractivity contribution is -0.0499. The number of halogens is 3. The number of alkyl halides is 3. The third kappa shape index (κ3) is 5.07. The second-order valence-corrected chi connectivity index (χ2v) is 9.60. The standard InChI is InChI=1S/C25H17F3O3S2/c26-25(27,28)33(29,30)31-21-16-17-22(32-20-14-8-3-9-15-20)24(19-12-6-2-7-13-19)23(21)18-10-4-1-5-11-18/h1-17H. The normalized spacial score (nSPS) is 11.8. The van der Waals surface area contributed by atoms with Crippen LogP contribution in [0.2, 0.25) is 0 Å². The van der Waals surface area contributed by atoms with Crippen LogP contribution in [0.3, 0.4) is 0 Å². The Morgan fingerprint density at radius 3 is 1.64 bits per heavy atom. The number of hydrogen-bond donors (Lipinski definition) is 0. The first kappa shape index (κ1) is 22.9. The van der Waals surface area contributed by atoms with Crippen LogP contribution >= 0.6 is 11.8 Å². The summed E-state index contributed by atoms with van der Waals surface area (Å²) in [4.78, 5) is 1.66. The number of benzene rings is 4. The fourth-order valence-electron chi connectivity index (χ4n) is 3.28. The highest BCUT2D eigenvalue weighted by Gasteiger charge is 2.49. The first-order valence-corrected chi connectivity index (χ1v) is 12.0. The zero-order valence-electron chi connectivity index (χ0n) is 17.0. The van der Waals surface area contributed by atoms with E-state index in [0.29, 0.717) is 16.7 Å². The van der Waals surface area contributed by atoms with Gasteiger partial charge in [-0.25, -0.2) is 0 Å². The van der Waals surface area contributed by atoms with Crippen LogP contribution in [0, 0.1) is 0 Å². The summed E-state index contributed by atoms with van der Waals surface area (Å²) < 4.78 is 67.8. The molecule has 0 radical (unpaired) electrons. The maximum atomic E-state index is 13.1. The minimum Gasteiger partial charge on any atom is -0.375 e. The average Bonchev–Trinajstić information content (AvgIpc) is 2.80. The Balaban J connectivity index is 1.99. The molecule has 0 amide bonds. The molecule has 0 aliphatic rings. The van der Waals surface area contributed by atoms with Gasteiger partial charge in [-0.2, -0.15) is 21.6 Å². The Labute approximate surface area is 194 Å². The molecule has 168 valence electrons. The van der Waals surface area contributed by atoms with Gasteiger partial charge in [-0.1, -0.05) is 90.6 Å². The van der Waals surface area contributed by atoms with Crippen LogP contribution in [0.15, 0.2) is 113 Å². The van der Waals surface area contributed by atoms with Gasteiger partial charge in [0, 0.05) is 20.9 Å². The summed E-state index contributed by atoms with van der Waals surface area (Å²) in [5.41, 5.74) is -3.48. The molecule has 0 atom stereocenters. The molecular formula is C25H17F3O3S2. The predicted molar refractivity (Wildman–Crippen MR) is 123 cm³/mol. The lowest BCUT2D eigenvalue weighted by Crippen LogP contribution is -2.28. The van der Waals surface area contributed by atoms with Gasteiger partial charge in [-0.05, 0) is 35.4 Å². The maximum absolute atomic E-state index is 13.1. The van der Waals surface area contributed by atoms with Crippen LogP contribution in [0.25, 0.3) is 22.3 Å². The summed E-state index contributed by atoms with van der Waals surface area (Å²) in [6.45, 7) is 0. The SMILES string of the molecule is O=S(=O)(Oc1ccc(Sc2ccccc2)c(-c2ccccc2)c1-c1ccccc1)C(F)(F)F. The molecule has 0 heterocycles.